The van der Waals surface area contributed by atoms with Gasteiger partial charge in [-0.3, -0.25) is 4.79 Å². The van der Waals surface area contributed by atoms with Crippen molar-refractivity contribution < 1.29 is 14.3 Å². The summed E-state index contributed by atoms with van der Waals surface area (Å²) in [5.41, 5.74) is 2.00. The molecule has 4 rings (SSSR count). The highest BCUT2D eigenvalue weighted by Gasteiger charge is 2.29. The monoisotopic (exact) mass is 437 g/mol. The van der Waals surface area contributed by atoms with Gasteiger partial charge in [-0.15, -0.1) is 0 Å². The van der Waals surface area contributed by atoms with Gasteiger partial charge in [0.25, 0.3) is 5.91 Å². The van der Waals surface area contributed by atoms with Gasteiger partial charge in [-0.25, -0.2) is 9.78 Å². The Balaban J connectivity index is 1.39. The first-order valence-corrected chi connectivity index (χ1v) is 11.0. The van der Waals surface area contributed by atoms with Crippen LogP contribution in [0.15, 0.2) is 42.6 Å². The molecule has 170 valence electrons. The lowest BCUT2D eigenvalue weighted by Crippen LogP contribution is -2.42. The van der Waals surface area contributed by atoms with E-state index in [0.717, 1.165) is 29.7 Å². The Morgan fingerprint density at radius 2 is 1.88 bits per heavy atom. The Hall–Kier alpha value is -3.29. The summed E-state index contributed by atoms with van der Waals surface area (Å²) in [6.45, 7) is 7.24. The van der Waals surface area contributed by atoms with Crippen LogP contribution in [-0.2, 0) is 11.3 Å². The summed E-state index contributed by atoms with van der Waals surface area (Å²) in [6.07, 6.45) is 3.24. The van der Waals surface area contributed by atoms with Crippen molar-refractivity contribution in [3.63, 3.8) is 0 Å². The van der Waals surface area contributed by atoms with E-state index in [-0.39, 0.29) is 18.0 Å². The molecule has 0 bridgehead atoms. The summed E-state index contributed by atoms with van der Waals surface area (Å²) in [5.74, 6) is 0.704. The summed E-state index contributed by atoms with van der Waals surface area (Å²) in [5, 5.41) is 0. The third-order valence-electron chi connectivity index (χ3n) is 5.68. The lowest BCUT2D eigenvalue weighted by Gasteiger charge is -2.34. The van der Waals surface area contributed by atoms with E-state index in [9.17, 15) is 9.59 Å². The van der Waals surface area contributed by atoms with Crippen LogP contribution in [-0.4, -0.2) is 62.1 Å². The van der Waals surface area contributed by atoms with Crippen molar-refractivity contribution in [1.82, 2.24) is 24.3 Å². The largest absolute Gasteiger partial charge is 0.444 e. The number of aromatic nitrogens is 3. The fourth-order valence-electron chi connectivity index (χ4n) is 4.12. The molecular weight excluding hydrogens is 406 g/mol. The van der Waals surface area contributed by atoms with Crippen LogP contribution < -0.4 is 0 Å². The number of amides is 2. The van der Waals surface area contributed by atoms with E-state index in [1.165, 1.54) is 0 Å². The Labute approximate surface area is 188 Å². The number of aromatic amines is 1. The van der Waals surface area contributed by atoms with E-state index in [1.54, 1.807) is 16.8 Å². The van der Waals surface area contributed by atoms with E-state index in [2.05, 4.69) is 9.97 Å². The number of para-hydroxylation sites is 2. The number of nitrogens with one attached hydrogen (secondary N) is 1. The van der Waals surface area contributed by atoms with Gasteiger partial charge in [0, 0.05) is 32.4 Å². The molecule has 2 aromatic heterocycles. The number of fused-ring (bicyclic) bond motifs is 1. The number of carbonyl (C=O) groups excluding carboxylic acids is 2. The highest BCUT2D eigenvalue weighted by atomic mass is 16.6. The maximum absolute atomic E-state index is 13.2. The van der Waals surface area contributed by atoms with Crippen molar-refractivity contribution in [3.8, 4) is 0 Å². The number of benzene rings is 1. The van der Waals surface area contributed by atoms with Gasteiger partial charge < -0.3 is 24.1 Å². The Kier molecular flexibility index (Phi) is 5.95. The zero-order valence-corrected chi connectivity index (χ0v) is 19.2. The van der Waals surface area contributed by atoms with Crippen molar-refractivity contribution in [3.05, 3.63) is 54.1 Å². The van der Waals surface area contributed by atoms with Gasteiger partial charge in [-0.05, 0) is 57.9 Å². The third kappa shape index (κ3) is 4.79. The number of imidazole rings is 1. The van der Waals surface area contributed by atoms with Crippen molar-refractivity contribution in [2.45, 2.75) is 51.8 Å². The smallest absolute Gasteiger partial charge is 0.410 e. The van der Waals surface area contributed by atoms with Crippen LogP contribution in [0.1, 0.15) is 56.0 Å². The Bertz CT molecular complexity index is 1070. The molecule has 0 unspecified atom stereocenters. The number of likely N-dealkylation sites (tertiary alicyclic amines) is 1. The van der Waals surface area contributed by atoms with Gasteiger partial charge in [0.1, 0.15) is 17.1 Å². The molecule has 1 N–H and O–H groups in total. The molecule has 1 saturated heterocycles. The summed E-state index contributed by atoms with van der Waals surface area (Å²) in [4.78, 5) is 36.8. The fourth-order valence-corrected chi connectivity index (χ4v) is 4.12. The molecule has 1 aliphatic rings. The number of nitrogens with zero attached hydrogens (tertiary/aromatic N) is 4. The number of carbonyl (C=O) groups is 2. The lowest BCUT2D eigenvalue weighted by molar-refractivity contribution is 0.0186. The van der Waals surface area contributed by atoms with Crippen LogP contribution in [0, 0.1) is 0 Å². The average molecular weight is 438 g/mol. The van der Waals surface area contributed by atoms with Crippen LogP contribution in [0.5, 0.6) is 0 Å². The van der Waals surface area contributed by atoms with E-state index >= 15 is 0 Å². The minimum Gasteiger partial charge on any atom is -0.444 e. The highest BCUT2D eigenvalue weighted by molar-refractivity contribution is 5.92. The third-order valence-corrected chi connectivity index (χ3v) is 5.68. The molecule has 0 radical (unpaired) electrons. The molecule has 8 heteroatoms. The van der Waals surface area contributed by atoms with Gasteiger partial charge >= 0.3 is 6.09 Å². The molecule has 1 aliphatic heterocycles. The lowest BCUT2D eigenvalue weighted by atomic mass is 10.0. The highest BCUT2D eigenvalue weighted by Crippen LogP contribution is 2.26. The molecule has 0 spiro atoms. The number of piperidine rings is 1. The van der Waals surface area contributed by atoms with E-state index in [1.807, 2.05) is 67.9 Å². The van der Waals surface area contributed by atoms with Crippen molar-refractivity contribution in [2.75, 3.05) is 20.1 Å². The molecular formula is C24H31N5O3. The molecule has 8 nitrogen and oxygen atoms in total. The second-order valence-corrected chi connectivity index (χ2v) is 9.36. The Morgan fingerprint density at radius 1 is 1.16 bits per heavy atom. The van der Waals surface area contributed by atoms with Crippen LogP contribution in [0.2, 0.25) is 0 Å². The second-order valence-electron chi connectivity index (χ2n) is 9.36. The molecule has 0 aliphatic carbocycles. The van der Waals surface area contributed by atoms with Crippen LogP contribution >= 0.6 is 0 Å². The molecule has 32 heavy (non-hydrogen) atoms. The summed E-state index contributed by atoms with van der Waals surface area (Å²) in [7, 11) is 1.79. The molecule has 3 heterocycles. The topological polar surface area (TPSA) is 83.5 Å². The normalized spacial score (nSPS) is 15.2. The van der Waals surface area contributed by atoms with Gasteiger partial charge in [-0.1, -0.05) is 12.1 Å². The molecule has 0 saturated carbocycles. The zero-order valence-electron chi connectivity index (χ0n) is 19.2. The van der Waals surface area contributed by atoms with E-state index in [4.69, 9.17) is 4.74 Å². The molecule has 3 aromatic rings. The zero-order chi connectivity index (χ0) is 22.9. The molecule has 0 atom stereocenters. The van der Waals surface area contributed by atoms with E-state index in [0.29, 0.717) is 25.3 Å². The number of ether oxygens (including phenoxy) is 1. The average Bonchev–Trinajstić information content (AvgIpc) is 3.38. The summed E-state index contributed by atoms with van der Waals surface area (Å²) < 4.78 is 7.53. The summed E-state index contributed by atoms with van der Waals surface area (Å²) >= 11 is 0. The van der Waals surface area contributed by atoms with Crippen LogP contribution in [0.3, 0.4) is 0 Å². The van der Waals surface area contributed by atoms with Gasteiger partial charge in [-0.2, -0.15) is 0 Å². The van der Waals surface area contributed by atoms with Gasteiger partial charge in [0.05, 0.1) is 17.6 Å². The first-order chi connectivity index (χ1) is 15.2. The fraction of sp³-hybridized carbons (Fsp3) is 0.458. The quantitative estimate of drug-likeness (QED) is 0.663. The predicted octanol–water partition coefficient (Wildman–Crippen LogP) is 4.21. The van der Waals surface area contributed by atoms with Crippen LogP contribution in [0.25, 0.3) is 11.0 Å². The summed E-state index contributed by atoms with van der Waals surface area (Å²) in [6, 6.07) is 11.8. The number of rotatable bonds is 4. The van der Waals surface area contributed by atoms with Gasteiger partial charge in [0.15, 0.2) is 0 Å². The number of hydrogen-bond acceptors (Lipinski definition) is 4. The second kappa shape index (κ2) is 8.68. The standard InChI is InChI=1S/C24H31N5O3/c1-24(2,3)32-23(31)28-14-11-17(12-15-28)29-13-7-10-20(29)22(30)27(4)16-21-25-18-8-5-6-9-19(18)26-21/h5-10,13,17H,11-12,14-16H2,1-4H3,(H,25,26). The maximum Gasteiger partial charge on any atom is 0.410 e. The number of hydrogen-bond donors (Lipinski definition) is 1. The van der Waals surface area contributed by atoms with Crippen molar-refractivity contribution >= 4 is 23.0 Å². The Morgan fingerprint density at radius 3 is 2.56 bits per heavy atom. The maximum atomic E-state index is 13.2. The van der Waals surface area contributed by atoms with E-state index < -0.39 is 5.60 Å². The number of H-pyrrole nitrogens is 1. The first-order valence-electron chi connectivity index (χ1n) is 11.0. The minimum atomic E-state index is -0.502. The van der Waals surface area contributed by atoms with Gasteiger partial charge in [0.2, 0.25) is 0 Å². The van der Waals surface area contributed by atoms with Crippen molar-refractivity contribution in [2.24, 2.45) is 0 Å². The minimum absolute atomic E-state index is 0.0509. The molecule has 2 amide bonds. The van der Waals surface area contributed by atoms with Crippen LogP contribution in [0.4, 0.5) is 4.79 Å². The SMILES string of the molecule is CN(Cc1nc2ccccc2[nH]1)C(=O)c1cccn1C1CCN(C(=O)OC(C)(C)C)CC1. The first kappa shape index (κ1) is 21.9. The molecule has 1 aromatic carbocycles. The van der Waals surface area contributed by atoms with Crippen molar-refractivity contribution in [1.29, 1.82) is 0 Å². The predicted molar refractivity (Wildman–Crippen MR) is 122 cm³/mol. The molecule has 1 fully saturated rings.